The summed E-state index contributed by atoms with van der Waals surface area (Å²) in [6.07, 6.45) is 3.02. The molecule has 1 aliphatic rings. The molecule has 3 N–H and O–H groups in total. The lowest BCUT2D eigenvalue weighted by molar-refractivity contribution is 0.160. The van der Waals surface area contributed by atoms with Gasteiger partial charge < -0.3 is 11.1 Å². The lowest BCUT2D eigenvalue weighted by atomic mass is 9.96. The summed E-state index contributed by atoms with van der Waals surface area (Å²) in [4.78, 5) is 8.08. The highest BCUT2D eigenvalue weighted by molar-refractivity contribution is 5.84. The number of aromatic nitrogens is 4. The zero-order chi connectivity index (χ0) is 12.5. The Morgan fingerprint density at radius 3 is 3.22 bits per heavy atom. The van der Waals surface area contributed by atoms with Gasteiger partial charge in [0, 0.05) is 19.0 Å². The number of nitrogens with zero attached hydrogens (tertiary/aromatic N) is 4. The normalized spacial score (nSPS) is 24.5. The molecule has 1 fully saturated rings. The lowest BCUT2D eigenvalue weighted by Gasteiger charge is -2.26. The van der Waals surface area contributed by atoms with Crippen molar-refractivity contribution < 1.29 is 4.39 Å². The molecule has 1 saturated heterocycles. The smallest absolute Gasteiger partial charge is 0.163 e. The van der Waals surface area contributed by atoms with E-state index >= 15 is 0 Å². The average molecular weight is 250 g/mol. The number of nitrogens with one attached hydrogen (secondary N) is 1. The first-order valence-electron chi connectivity index (χ1n) is 6.02. The van der Waals surface area contributed by atoms with Crippen LogP contribution < -0.4 is 11.1 Å². The Labute approximate surface area is 103 Å². The first kappa shape index (κ1) is 11.3. The van der Waals surface area contributed by atoms with Crippen LogP contribution >= 0.6 is 0 Å². The summed E-state index contributed by atoms with van der Waals surface area (Å²) in [5.41, 5.74) is 6.42. The van der Waals surface area contributed by atoms with Crippen molar-refractivity contribution in [3.05, 3.63) is 12.5 Å². The number of rotatable bonds is 2. The molecular weight excluding hydrogens is 235 g/mol. The first-order valence-corrected chi connectivity index (χ1v) is 6.02. The van der Waals surface area contributed by atoms with E-state index < -0.39 is 6.17 Å². The van der Waals surface area contributed by atoms with Gasteiger partial charge in [-0.25, -0.2) is 19.0 Å². The fourth-order valence-corrected chi connectivity index (χ4v) is 2.35. The zero-order valence-electron chi connectivity index (χ0n) is 9.88. The third-order valence-corrected chi connectivity index (χ3v) is 3.41. The van der Waals surface area contributed by atoms with Crippen LogP contribution in [0.5, 0.6) is 0 Å². The second-order valence-corrected chi connectivity index (χ2v) is 4.59. The van der Waals surface area contributed by atoms with Crippen molar-refractivity contribution in [1.29, 1.82) is 0 Å². The number of fused-ring (bicyclic) bond motifs is 1. The molecular formula is C11H15FN6. The Balaban J connectivity index is 1.88. The quantitative estimate of drug-likeness (QED) is 0.804. The van der Waals surface area contributed by atoms with Crippen molar-refractivity contribution >= 4 is 16.9 Å². The van der Waals surface area contributed by atoms with Crippen LogP contribution in [0.15, 0.2) is 12.5 Å². The SMILES string of the molecule is Nc1ncnc2c1cnn2CC1CCNCC1F. The minimum Gasteiger partial charge on any atom is -0.383 e. The Morgan fingerprint density at radius 2 is 2.39 bits per heavy atom. The van der Waals surface area contributed by atoms with E-state index in [2.05, 4.69) is 20.4 Å². The Bertz CT molecular complexity index is 553. The van der Waals surface area contributed by atoms with Crippen LogP contribution in [0.1, 0.15) is 6.42 Å². The molecule has 0 aliphatic carbocycles. The summed E-state index contributed by atoms with van der Waals surface area (Å²) in [5.74, 6) is 0.388. The molecule has 0 radical (unpaired) electrons. The maximum Gasteiger partial charge on any atom is 0.163 e. The van der Waals surface area contributed by atoms with Crippen LogP contribution in [0, 0.1) is 5.92 Å². The van der Waals surface area contributed by atoms with Gasteiger partial charge in [-0.1, -0.05) is 0 Å². The van der Waals surface area contributed by atoms with Gasteiger partial charge in [0.05, 0.1) is 11.6 Å². The average Bonchev–Trinajstić information content (AvgIpc) is 2.77. The number of alkyl halides is 1. The van der Waals surface area contributed by atoms with Crippen molar-refractivity contribution in [2.75, 3.05) is 18.8 Å². The molecule has 1 aliphatic heterocycles. The molecule has 18 heavy (non-hydrogen) atoms. The van der Waals surface area contributed by atoms with E-state index in [1.165, 1.54) is 6.33 Å². The topological polar surface area (TPSA) is 81.7 Å². The minimum absolute atomic E-state index is 0.0226. The minimum atomic E-state index is -0.836. The predicted molar refractivity (Wildman–Crippen MR) is 65.6 cm³/mol. The number of halogens is 1. The second-order valence-electron chi connectivity index (χ2n) is 4.59. The highest BCUT2D eigenvalue weighted by atomic mass is 19.1. The Morgan fingerprint density at radius 1 is 1.50 bits per heavy atom. The summed E-state index contributed by atoms with van der Waals surface area (Å²) >= 11 is 0. The molecule has 6 nitrogen and oxygen atoms in total. The Kier molecular flexibility index (Phi) is 2.83. The number of hydrogen-bond donors (Lipinski definition) is 2. The van der Waals surface area contributed by atoms with Gasteiger partial charge in [0.1, 0.15) is 18.3 Å². The van der Waals surface area contributed by atoms with E-state index in [9.17, 15) is 4.39 Å². The monoisotopic (exact) mass is 250 g/mol. The molecule has 3 heterocycles. The fraction of sp³-hybridized carbons (Fsp3) is 0.545. The molecule has 0 saturated carbocycles. The van der Waals surface area contributed by atoms with E-state index in [0.29, 0.717) is 24.6 Å². The standard InChI is InChI=1S/C11H15FN6/c12-9-4-14-2-1-7(9)5-18-11-8(3-17-18)10(13)15-6-16-11/h3,6-7,9,14H,1-2,4-5H2,(H2,13,15,16). The van der Waals surface area contributed by atoms with Gasteiger partial charge in [-0.05, 0) is 13.0 Å². The predicted octanol–water partition coefficient (Wildman–Crippen LogP) is 0.356. The van der Waals surface area contributed by atoms with Crippen molar-refractivity contribution in [2.45, 2.75) is 19.1 Å². The molecule has 2 unspecified atom stereocenters. The van der Waals surface area contributed by atoms with Gasteiger partial charge in [0.25, 0.3) is 0 Å². The molecule has 7 heteroatoms. The molecule has 2 aromatic rings. The van der Waals surface area contributed by atoms with E-state index in [4.69, 9.17) is 5.73 Å². The fourth-order valence-electron chi connectivity index (χ4n) is 2.35. The number of nitrogens with two attached hydrogens (primary N) is 1. The zero-order valence-corrected chi connectivity index (χ0v) is 9.88. The van der Waals surface area contributed by atoms with Gasteiger partial charge >= 0.3 is 0 Å². The third kappa shape index (κ3) is 1.90. The van der Waals surface area contributed by atoms with Gasteiger partial charge in [-0.2, -0.15) is 5.10 Å². The molecule has 96 valence electrons. The van der Waals surface area contributed by atoms with E-state index in [1.54, 1.807) is 10.9 Å². The second kappa shape index (κ2) is 4.49. The number of piperidine rings is 1. The molecule has 0 bridgehead atoms. The van der Waals surface area contributed by atoms with E-state index in [1.807, 2.05) is 0 Å². The summed E-state index contributed by atoms with van der Waals surface area (Å²) in [6, 6.07) is 0. The molecule has 2 atom stereocenters. The summed E-state index contributed by atoms with van der Waals surface area (Å²) in [7, 11) is 0. The molecule has 0 amide bonds. The molecule has 0 aromatic carbocycles. The number of hydrogen-bond acceptors (Lipinski definition) is 5. The van der Waals surface area contributed by atoms with Crippen LogP contribution in [-0.2, 0) is 6.54 Å². The Hall–Kier alpha value is -1.76. The van der Waals surface area contributed by atoms with Crippen LogP contribution in [-0.4, -0.2) is 39.0 Å². The van der Waals surface area contributed by atoms with Crippen LogP contribution in [0.3, 0.4) is 0 Å². The van der Waals surface area contributed by atoms with Crippen LogP contribution in [0.2, 0.25) is 0 Å². The van der Waals surface area contributed by atoms with Crippen molar-refractivity contribution in [1.82, 2.24) is 25.1 Å². The van der Waals surface area contributed by atoms with Crippen LogP contribution in [0.4, 0.5) is 10.2 Å². The summed E-state index contributed by atoms with van der Waals surface area (Å²) in [6.45, 7) is 1.80. The summed E-state index contributed by atoms with van der Waals surface area (Å²) < 4.78 is 15.5. The highest BCUT2D eigenvalue weighted by Crippen LogP contribution is 2.21. The van der Waals surface area contributed by atoms with E-state index in [-0.39, 0.29) is 5.92 Å². The summed E-state index contributed by atoms with van der Waals surface area (Å²) in [5, 5.41) is 8.00. The third-order valence-electron chi connectivity index (χ3n) is 3.41. The molecule has 3 rings (SSSR count). The van der Waals surface area contributed by atoms with Crippen molar-refractivity contribution in [3.8, 4) is 0 Å². The van der Waals surface area contributed by atoms with Gasteiger partial charge in [-0.15, -0.1) is 0 Å². The van der Waals surface area contributed by atoms with Crippen molar-refractivity contribution in [3.63, 3.8) is 0 Å². The lowest BCUT2D eigenvalue weighted by Crippen LogP contribution is -2.39. The largest absolute Gasteiger partial charge is 0.383 e. The van der Waals surface area contributed by atoms with Gasteiger partial charge in [0.15, 0.2) is 5.65 Å². The highest BCUT2D eigenvalue weighted by Gasteiger charge is 2.25. The number of anilines is 1. The molecule has 0 spiro atoms. The van der Waals surface area contributed by atoms with E-state index in [0.717, 1.165) is 18.4 Å². The van der Waals surface area contributed by atoms with Crippen molar-refractivity contribution in [2.24, 2.45) is 5.92 Å². The maximum atomic E-state index is 13.8. The van der Waals surface area contributed by atoms with Gasteiger partial charge in [0.2, 0.25) is 0 Å². The number of nitrogen functional groups attached to an aromatic ring is 1. The first-order chi connectivity index (χ1) is 8.75. The van der Waals surface area contributed by atoms with Crippen LogP contribution in [0.25, 0.3) is 11.0 Å². The maximum absolute atomic E-state index is 13.8. The van der Waals surface area contributed by atoms with Gasteiger partial charge in [-0.3, -0.25) is 0 Å². The molecule has 2 aromatic heterocycles.